The van der Waals surface area contributed by atoms with Crippen LogP contribution in [0.3, 0.4) is 0 Å². The van der Waals surface area contributed by atoms with Gasteiger partial charge in [-0.2, -0.15) is 12.6 Å². The first-order chi connectivity index (χ1) is 7.71. The van der Waals surface area contributed by atoms with Gasteiger partial charge in [0.1, 0.15) is 0 Å². The van der Waals surface area contributed by atoms with Crippen LogP contribution < -0.4 is 0 Å². The van der Waals surface area contributed by atoms with Crippen LogP contribution in [0.25, 0.3) is 0 Å². The molecular weight excluding hydrogens is 214 g/mol. The van der Waals surface area contributed by atoms with Crippen LogP contribution >= 0.6 is 12.6 Å². The maximum atomic E-state index is 4.47. The lowest BCUT2D eigenvalue weighted by atomic mass is 10.0. The number of rotatable bonds is 10. The van der Waals surface area contributed by atoms with Gasteiger partial charge in [-0.05, 0) is 30.6 Å². The molecule has 0 spiro atoms. The van der Waals surface area contributed by atoms with Crippen LogP contribution in [0.1, 0.15) is 53.4 Å². The van der Waals surface area contributed by atoms with Crippen LogP contribution in [0.5, 0.6) is 0 Å². The molecule has 0 aliphatic carbocycles. The molecule has 0 fully saturated rings. The molecule has 0 N–H and O–H groups in total. The summed E-state index contributed by atoms with van der Waals surface area (Å²) in [5, 5.41) is 0. The maximum Gasteiger partial charge on any atom is 0.00175 e. The Hall–Kier alpha value is 0.310. The van der Waals surface area contributed by atoms with Crippen molar-refractivity contribution in [1.82, 2.24) is 4.90 Å². The second-order valence-corrected chi connectivity index (χ2v) is 5.24. The van der Waals surface area contributed by atoms with Crippen LogP contribution in [0.4, 0.5) is 0 Å². The van der Waals surface area contributed by atoms with Gasteiger partial charge in [0.15, 0.2) is 0 Å². The quantitative estimate of drug-likeness (QED) is 0.567. The predicted molar refractivity (Wildman–Crippen MR) is 78.4 cm³/mol. The van der Waals surface area contributed by atoms with Crippen molar-refractivity contribution in [2.24, 2.45) is 11.8 Å². The highest BCUT2D eigenvalue weighted by Gasteiger charge is 2.14. The van der Waals surface area contributed by atoms with Gasteiger partial charge in [-0.1, -0.05) is 47.0 Å². The van der Waals surface area contributed by atoms with Crippen molar-refractivity contribution in [3.63, 3.8) is 0 Å². The molecule has 2 heteroatoms. The second-order valence-electron chi connectivity index (χ2n) is 4.87. The molecule has 0 aliphatic rings. The van der Waals surface area contributed by atoms with Crippen molar-refractivity contribution in [3.05, 3.63) is 0 Å². The minimum absolute atomic E-state index is 0.780. The maximum absolute atomic E-state index is 4.47. The Labute approximate surface area is 108 Å². The van der Waals surface area contributed by atoms with Crippen molar-refractivity contribution in [1.29, 1.82) is 0 Å². The molecule has 0 heterocycles. The van der Waals surface area contributed by atoms with Crippen LogP contribution in [0.15, 0.2) is 0 Å². The molecule has 0 radical (unpaired) electrons. The lowest BCUT2D eigenvalue weighted by Crippen LogP contribution is -2.34. The standard InChI is InChI=1S/C14H31NS/c1-5-9-14(12-16)11-15(8-4)10-13(6-2)7-3/h13-14,16H,5-12H2,1-4H3. The Bertz CT molecular complexity index is 146. The van der Waals surface area contributed by atoms with E-state index in [2.05, 4.69) is 45.2 Å². The lowest BCUT2D eigenvalue weighted by molar-refractivity contribution is 0.204. The molecule has 1 atom stereocenters. The van der Waals surface area contributed by atoms with Gasteiger partial charge in [-0.25, -0.2) is 0 Å². The van der Waals surface area contributed by atoms with E-state index < -0.39 is 0 Å². The van der Waals surface area contributed by atoms with E-state index in [-0.39, 0.29) is 0 Å². The van der Waals surface area contributed by atoms with Gasteiger partial charge in [0.2, 0.25) is 0 Å². The predicted octanol–water partition coefficient (Wildman–Crippen LogP) is 4.09. The highest BCUT2D eigenvalue weighted by Crippen LogP contribution is 2.14. The van der Waals surface area contributed by atoms with Crippen molar-refractivity contribution < 1.29 is 0 Å². The molecule has 0 bridgehead atoms. The van der Waals surface area contributed by atoms with E-state index in [0.29, 0.717) is 0 Å². The molecule has 0 aromatic heterocycles. The van der Waals surface area contributed by atoms with Crippen molar-refractivity contribution >= 4 is 12.6 Å². The first-order valence-electron chi connectivity index (χ1n) is 7.04. The highest BCUT2D eigenvalue weighted by molar-refractivity contribution is 7.80. The Morgan fingerprint density at radius 3 is 1.88 bits per heavy atom. The minimum atomic E-state index is 0.780. The molecule has 0 amide bonds. The zero-order chi connectivity index (χ0) is 12.4. The molecular formula is C14H31NS. The number of hydrogen-bond donors (Lipinski definition) is 1. The average molecular weight is 245 g/mol. The molecule has 0 aromatic rings. The van der Waals surface area contributed by atoms with Gasteiger partial charge in [-0.3, -0.25) is 0 Å². The summed E-state index contributed by atoms with van der Waals surface area (Å²) in [5.41, 5.74) is 0. The van der Waals surface area contributed by atoms with E-state index in [4.69, 9.17) is 0 Å². The fourth-order valence-corrected chi connectivity index (χ4v) is 2.56. The molecule has 0 aliphatic heterocycles. The van der Waals surface area contributed by atoms with Gasteiger partial charge in [0, 0.05) is 13.1 Å². The summed E-state index contributed by atoms with van der Waals surface area (Å²) >= 11 is 4.47. The van der Waals surface area contributed by atoms with Gasteiger partial charge < -0.3 is 4.90 Å². The number of thiol groups is 1. The van der Waals surface area contributed by atoms with Gasteiger partial charge in [0.25, 0.3) is 0 Å². The van der Waals surface area contributed by atoms with Crippen LogP contribution in [-0.2, 0) is 0 Å². The van der Waals surface area contributed by atoms with Gasteiger partial charge in [0.05, 0.1) is 0 Å². The Kier molecular flexibility index (Phi) is 10.7. The van der Waals surface area contributed by atoms with Gasteiger partial charge in [-0.15, -0.1) is 0 Å². The zero-order valence-corrected chi connectivity index (χ0v) is 12.6. The topological polar surface area (TPSA) is 3.24 Å². The van der Waals surface area contributed by atoms with E-state index in [0.717, 1.165) is 17.6 Å². The van der Waals surface area contributed by atoms with E-state index in [1.807, 2.05) is 0 Å². The first-order valence-corrected chi connectivity index (χ1v) is 7.68. The summed E-state index contributed by atoms with van der Waals surface area (Å²) in [6, 6.07) is 0. The molecule has 98 valence electrons. The van der Waals surface area contributed by atoms with Crippen molar-refractivity contribution in [3.8, 4) is 0 Å². The fraction of sp³-hybridized carbons (Fsp3) is 1.00. The monoisotopic (exact) mass is 245 g/mol. The van der Waals surface area contributed by atoms with E-state index in [9.17, 15) is 0 Å². The summed E-state index contributed by atoms with van der Waals surface area (Å²) in [6.45, 7) is 12.9. The smallest absolute Gasteiger partial charge is 0.00175 e. The number of nitrogens with zero attached hydrogens (tertiary/aromatic N) is 1. The third-order valence-corrected chi connectivity index (χ3v) is 4.11. The average Bonchev–Trinajstić information content (AvgIpc) is 2.33. The van der Waals surface area contributed by atoms with Crippen LogP contribution in [0, 0.1) is 11.8 Å². The fourth-order valence-electron chi connectivity index (χ4n) is 2.26. The van der Waals surface area contributed by atoms with Crippen LogP contribution in [0.2, 0.25) is 0 Å². The Morgan fingerprint density at radius 2 is 1.50 bits per heavy atom. The third-order valence-electron chi connectivity index (χ3n) is 3.59. The molecule has 0 aromatic carbocycles. The normalized spacial score (nSPS) is 13.7. The Morgan fingerprint density at radius 1 is 0.938 bits per heavy atom. The summed E-state index contributed by atoms with van der Waals surface area (Å²) in [5.74, 6) is 2.69. The Balaban J connectivity index is 4.05. The highest BCUT2D eigenvalue weighted by atomic mass is 32.1. The third kappa shape index (κ3) is 6.80. The summed E-state index contributed by atoms with van der Waals surface area (Å²) in [6.07, 6.45) is 5.23. The minimum Gasteiger partial charge on any atom is -0.303 e. The molecule has 0 saturated heterocycles. The second kappa shape index (κ2) is 10.5. The molecule has 16 heavy (non-hydrogen) atoms. The SMILES string of the molecule is CCCC(CS)CN(CC)CC(CC)CC. The first kappa shape index (κ1) is 16.3. The molecule has 0 rings (SSSR count). The summed E-state index contributed by atoms with van der Waals surface area (Å²) < 4.78 is 0. The molecule has 1 nitrogen and oxygen atoms in total. The number of hydrogen-bond acceptors (Lipinski definition) is 2. The van der Waals surface area contributed by atoms with E-state index in [1.165, 1.54) is 45.3 Å². The molecule has 1 unspecified atom stereocenters. The van der Waals surface area contributed by atoms with Gasteiger partial charge >= 0.3 is 0 Å². The van der Waals surface area contributed by atoms with Crippen LogP contribution in [-0.4, -0.2) is 30.3 Å². The van der Waals surface area contributed by atoms with E-state index in [1.54, 1.807) is 0 Å². The zero-order valence-electron chi connectivity index (χ0n) is 11.7. The largest absolute Gasteiger partial charge is 0.303 e. The van der Waals surface area contributed by atoms with Crippen molar-refractivity contribution in [2.45, 2.75) is 53.4 Å². The van der Waals surface area contributed by atoms with Crippen molar-refractivity contribution in [2.75, 3.05) is 25.4 Å². The lowest BCUT2D eigenvalue weighted by Gasteiger charge is -2.28. The van der Waals surface area contributed by atoms with E-state index >= 15 is 0 Å². The molecule has 0 saturated carbocycles. The summed E-state index contributed by atoms with van der Waals surface area (Å²) in [7, 11) is 0. The summed E-state index contributed by atoms with van der Waals surface area (Å²) in [4.78, 5) is 2.62.